The lowest BCUT2D eigenvalue weighted by atomic mass is 10.1. The van der Waals surface area contributed by atoms with Crippen LogP contribution in [0.1, 0.15) is 11.1 Å². The van der Waals surface area contributed by atoms with Crippen LogP contribution >= 0.6 is 0 Å². The van der Waals surface area contributed by atoms with Gasteiger partial charge in [-0.1, -0.05) is 36.4 Å². The molecule has 3 aromatic rings. The van der Waals surface area contributed by atoms with E-state index >= 15 is 0 Å². The first-order chi connectivity index (χ1) is 14.1. The summed E-state index contributed by atoms with van der Waals surface area (Å²) in [6, 6.07) is 23.0. The molecular formula is C24H26N2O3. The van der Waals surface area contributed by atoms with E-state index in [1.807, 2.05) is 72.8 Å². The van der Waals surface area contributed by atoms with Gasteiger partial charge in [-0.25, -0.2) is 0 Å². The number of amides is 1. The number of hydrogen-bond donors (Lipinski definition) is 2. The van der Waals surface area contributed by atoms with Crippen molar-refractivity contribution in [2.75, 3.05) is 30.4 Å². The number of carbonyl (C=O) groups excluding carboxylic acids is 1. The Balaban J connectivity index is 1.48. The summed E-state index contributed by atoms with van der Waals surface area (Å²) in [6.07, 6.45) is 0. The van der Waals surface area contributed by atoms with Crippen LogP contribution in [0.25, 0.3) is 0 Å². The number of rotatable bonds is 9. The molecule has 0 aliphatic carbocycles. The minimum atomic E-state index is -0.139. The number of benzene rings is 3. The molecule has 29 heavy (non-hydrogen) atoms. The minimum Gasteiger partial charge on any atom is -0.490 e. The van der Waals surface area contributed by atoms with Crippen LogP contribution in [0.4, 0.5) is 11.4 Å². The number of hydrogen-bond acceptors (Lipinski definition) is 4. The third-order valence-electron chi connectivity index (χ3n) is 4.47. The van der Waals surface area contributed by atoms with E-state index < -0.39 is 0 Å². The van der Waals surface area contributed by atoms with Gasteiger partial charge in [-0.15, -0.1) is 0 Å². The molecule has 0 radical (unpaired) electrons. The van der Waals surface area contributed by atoms with Gasteiger partial charge in [0.1, 0.15) is 24.7 Å². The molecule has 0 atom stereocenters. The number of aryl methyl sites for hydroxylation is 2. The molecule has 3 aromatic carbocycles. The van der Waals surface area contributed by atoms with E-state index in [-0.39, 0.29) is 12.5 Å². The van der Waals surface area contributed by atoms with Crippen LogP contribution < -0.4 is 20.1 Å². The van der Waals surface area contributed by atoms with Crippen molar-refractivity contribution in [3.63, 3.8) is 0 Å². The highest BCUT2D eigenvalue weighted by atomic mass is 16.5. The summed E-state index contributed by atoms with van der Waals surface area (Å²) < 4.78 is 11.4. The molecule has 0 unspecified atom stereocenters. The smallest absolute Gasteiger partial charge is 0.243 e. The van der Waals surface area contributed by atoms with Gasteiger partial charge in [-0.2, -0.15) is 0 Å². The largest absolute Gasteiger partial charge is 0.490 e. The average molecular weight is 390 g/mol. The lowest BCUT2D eigenvalue weighted by Gasteiger charge is -2.14. The fraction of sp³-hybridized carbons (Fsp3) is 0.208. The van der Waals surface area contributed by atoms with Gasteiger partial charge in [0.15, 0.2) is 0 Å². The van der Waals surface area contributed by atoms with Crippen LogP contribution in [0.3, 0.4) is 0 Å². The Kier molecular flexibility index (Phi) is 7.11. The predicted molar refractivity (Wildman–Crippen MR) is 117 cm³/mol. The molecule has 5 nitrogen and oxygen atoms in total. The average Bonchev–Trinajstić information content (AvgIpc) is 2.74. The Morgan fingerprint density at radius 3 is 2.34 bits per heavy atom. The van der Waals surface area contributed by atoms with E-state index in [1.165, 1.54) is 11.1 Å². The standard InChI is InChI=1S/C24H26N2O3/c1-18-12-13-20(16-19(18)2)25-17-24(27)26-22-10-6-7-11-23(22)29-15-14-28-21-8-4-3-5-9-21/h3-13,16,25H,14-15,17H2,1-2H3,(H,26,27). The van der Waals surface area contributed by atoms with Gasteiger partial charge in [0.05, 0.1) is 12.2 Å². The summed E-state index contributed by atoms with van der Waals surface area (Å²) in [4.78, 5) is 12.4. The first-order valence-corrected chi connectivity index (χ1v) is 9.62. The monoisotopic (exact) mass is 390 g/mol. The van der Waals surface area contributed by atoms with Crippen LogP contribution in [0.2, 0.25) is 0 Å². The molecule has 0 saturated heterocycles. The highest BCUT2D eigenvalue weighted by Crippen LogP contribution is 2.23. The normalized spacial score (nSPS) is 10.3. The summed E-state index contributed by atoms with van der Waals surface area (Å²) in [5.74, 6) is 1.28. The SMILES string of the molecule is Cc1ccc(NCC(=O)Nc2ccccc2OCCOc2ccccc2)cc1C. The van der Waals surface area contributed by atoms with E-state index in [9.17, 15) is 4.79 Å². The lowest BCUT2D eigenvalue weighted by Crippen LogP contribution is -2.22. The van der Waals surface area contributed by atoms with Crippen molar-refractivity contribution in [3.8, 4) is 11.5 Å². The van der Waals surface area contributed by atoms with Crippen molar-refractivity contribution in [2.24, 2.45) is 0 Å². The topological polar surface area (TPSA) is 59.6 Å². The second-order valence-electron chi connectivity index (χ2n) is 6.71. The van der Waals surface area contributed by atoms with Gasteiger partial charge in [0, 0.05) is 5.69 Å². The quantitative estimate of drug-likeness (QED) is 0.515. The molecule has 0 spiro atoms. The maximum Gasteiger partial charge on any atom is 0.243 e. The van der Waals surface area contributed by atoms with Crippen molar-refractivity contribution in [3.05, 3.63) is 83.9 Å². The molecule has 3 rings (SSSR count). The van der Waals surface area contributed by atoms with Crippen molar-refractivity contribution in [1.82, 2.24) is 0 Å². The number of ether oxygens (including phenoxy) is 2. The van der Waals surface area contributed by atoms with E-state index in [1.54, 1.807) is 0 Å². The van der Waals surface area contributed by atoms with Crippen molar-refractivity contribution < 1.29 is 14.3 Å². The zero-order valence-electron chi connectivity index (χ0n) is 16.8. The van der Waals surface area contributed by atoms with Crippen molar-refractivity contribution in [1.29, 1.82) is 0 Å². The second kappa shape index (κ2) is 10.2. The molecular weight excluding hydrogens is 364 g/mol. The molecule has 2 N–H and O–H groups in total. The fourth-order valence-corrected chi connectivity index (χ4v) is 2.75. The van der Waals surface area contributed by atoms with Crippen LogP contribution in [0.5, 0.6) is 11.5 Å². The number of anilines is 2. The molecule has 1 amide bonds. The maximum atomic E-state index is 12.4. The first kappa shape index (κ1) is 20.3. The van der Waals surface area contributed by atoms with E-state index in [2.05, 4.69) is 24.5 Å². The minimum absolute atomic E-state index is 0.139. The summed E-state index contributed by atoms with van der Waals surface area (Å²) in [7, 11) is 0. The van der Waals surface area contributed by atoms with E-state index in [4.69, 9.17) is 9.47 Å². The van der Waals surface area contributed by atoms with E-state index in [0.29, 0.717) is 24.7 Å². The Labute approximate surface area is 171 Å². The van der Waals surface area contributed by atoms with Crippen LogP contribution in [0.15, 0.2) is 72.8 Å². The number of carbonyl (C=O) groups is 1. The van der Waals surface area contributed by atoms with Gasteiger partial charge in [-0.05, 0) is 61.4 Å². The highest BCUT2D eigenvalue weighted by Gasteiger charge is 2.08. The molecule has 0 aromatic heterocycles. The molecule has 0 aliphatic rings. The third kappa shape index (κ3) is 6.28. The van der Waals surface area contributed by atoms with Gasteiger partial charge >= 0.3 is 0 Å². The molecule has 0 aliphatic heterocycles. The molecule has 0 heterocycles. The molecule has 5 heteroatoms. The Morgan fingerprint density at radius 1 is 0.828 bits per heavy atom. The van der Waals surface area contributed by atoms with Crippen molar-refractivity contribution in [2.45, 2.75) is 13.8 Å². The lowest BCUT2D eigenvalue weighted by molar-refractivity contribution is -0.114. The Bertz CT molecular complexity index is 942. The Morgan fingerprint density at radius 2 is 1.55 bits per heavy atom. The molecule has 0 bridgehead atoms. The van der Waals surface area contributed by atoms with Gasteiger partial charge < -0.3 is 20.1 Å². The maximum absolute atomic E-state index is 12.4. The van der Waals surface area contributed by atoms with Crippen LogP contribution in [-0.4, -0.2) is 25.7 Å². The van der Waals surface area contributed by atoms with Crippen LogP contribution in [0, 0.1) is 13.8 Å². The zero-order valence-corrected chi connectivity index (χ0v) is 16.8. The van der Waals surface area contributed by atoms with Gasteiger partial charge in [0.25, 0.3) is 0 Å². The number of para-hydroxylation sites is 3. The fourth-order valence-electron chi connectivity index (χ4n) is 2.75. The highest BCUT2D eigenvalue weighted by molar-refractivity contribution is 5.95. The predicted octanol–water partition coefficient (Wildman–Crippen LogP) is 4.81. The first-order valence-electron chi connectivity index (χ1n) is 9.62. The number of nitrogens with one attached hydrogen (secondary N) is 2. The Hall–Kier alpha value is -3.47. The third-order valence-corrected chi connectivity index (χ3v) is 4.47. The summed E-state index contributed by atoms with van der Waals surface area (Å²) >= 11 is 0. The van der Waals surface area contributed by atoms with Gasteiger partial charge in [0.2, 0.25) is 5.91 Å². The van der Waals surface area contributed by atoms with Crippen molar-refractivity contribution >= 4 is 17.3 Å². The second-order valence-corrected chi connectivity index (χ2v) is 6.71. The van der Waals surface area contributed by atoms with Crippen LogP contribution in [-0.2, 0) is 4.79 Å². The summed E-state index contributed by atoms with van der Waals surface area (Å²) in [5.41, 5.74) is 3.97. The summed E-state index contributed by atoms with van der Waals surface area (Å²) in [5, 5.41) is 6.05. The molecule has 150 valence electrons. The van der Waals surface area contributed by atoms with Gasteiger partial charge in [-0.3, -0.25) is 4.79 Å². The van der Waals surface area contributed by atoms with E-state index in [0.717, 1.165) is 11.4 Å². The molecule has 0 fully saturated rings. The zero-order chi connectivity index (χ0) is 20.5. The summed E-state index contributed by atoms with van der Waals surface area (Å²) in [6.45, 7) is 5.08. The molecule has 0 saturated carbocycles.